The molecule has 2 heteroatoms. The lowest BCUT2D eigenvalue weighted by Gasteiger charge is -2.33. The summed E-state index contributed by atoms with van der Waals surface area (Å²) in [6, 6.07) is 8.40. The zero-order valence-corrected chi connectivity index (χ0v) is 9.88. The summed E-state index contributed by atoms with van der Waals surface area (Å²) < 4.78 is 13.9. The maximum Gasteiger partial charge on any atom is 0.115 e. The number of nitrogens with two attached hydrogens (primary N) is 1. The first-order valence-electron chi connectivity index (χ1n) is 6.10. The Bertz CT molecular complexity index is 338. The molecule has 1 atom stereocenters. The van der Waals surface area contributed by atoms with Crippen molar-refractivity contribution < 1.29 is 4.39 Å². The highest BCUT2D eigenvalue weighted by Crippen LogP contribution is 2.38. The molecule has 1 saturated carbocycles. The van der Waals surface area contributed by atoms with E-state index in [4.69, 9.17) is 5.73 Å². The number of benzene rings is 1. The number of halogens is 1. The molecule has 1 aliphatic rings. The first-order chi connectivity index (χ1) is 7.57. The molecule has 16 heavy (non-hydrogen) atoms. The van der Waals surface area contributed by atoms with Crippen LogP contribution >= 0.6 is 0 Å². The van der Waals surface area contributed by atoms with Crippen molar-refractivity contribution in [3.8, 4) is 0 Å². The molecule has 2 rings (SSSR count). The van der Waals surface area contributed by atoms with Crippen LogP contribution in [-0.2, 0) is 12.8 Å². The minimum absolute atomic E-state index is 0.185. The van der Waals surface area contributed by atoms with Crippen molar-refractivity contribution in [2.75, 3.05) is 0 Å². The Morgan fingerprint density at radius 1 is 1.25 bits per heavy atom. The Hall–Kier alpha value is -0.890. The first-order valence-corrected chi connectivity index (χ1v) is 6.10. The number of rotatable bonds is 4. The van der Waals surface area contributed by atoms with Crippen molar-refractivity contribution in [3.05, 3.63) is 35.4 Å². The number of hydrogen-bond acceptors (Lipinski definition) is 1. The van der Waals surface area contributed by atoms with Gasteiger partial charge in [0.05, 0.1) is 0 Å². The van der Waals surface area contributed by atoms with E-state index in [2.05, 4.69) is 12.1 Å². The largest absolute Gasteiger partial charge is 0.328 e. The van der Waals surface area contributed by atoms with E-state index in [0.717, 1.165) is 31.2 Å². The second-order valence-electron chi connectivity index (χ2n) is 5.18. The van der Waals surface area contributed by atoms with E-state index >= 15 is 0 Å². The van der Waals surface area contributed by atoms with Crippen LogP contribution in [0.4, 0.5) is 4.39 Å². The Morgan fingerprint density at radius 2 is 1.81 bits per heavy atom. The molecular formula is C14H20FN. The zero-order chi connectivity index (χ0) is 11.6. The molecule has 0 aromatic heterocycles. The number of alkyl halides is 1. The van der Waals surface area contributed by atoms with Gasteiger partial charge in [-0.25, -0.2) is 4.39 Å². The lowest BCUT2D eigenvalue weighted by Crippen LogP contribution is -2.34. The molecule has 0 aliphatic heterocycles. The summed E-state index contributed by atoms with van der Waals surface area (Å²) in [5.74, 6) is 0. The second-order valence-corrected chi connectivity index (χ2v) is 5.18. The fourth-order valence-electron chi connectivity index (χ4n) is 2.27. The summed E-state index contributed by atoms with van der Waals surface area (Å²) in [5, 5.41) is 0. The Balaban J connectivity index is 1.96. The second kappa shape index (κ2) is 4.54. The van der Waals surface area contributed by atoms with E-state index < -0.39 is 5.67 Å². The van der Waals surface area contributed by atoms with Gasteiger partial charge in [-0.05, 0) is 43.7 Å². The molecule has 0 saturated heterocycles. The Morgan fingerprint density at radius 3 is 2.25 bits per heavy atom. The van der Waals surface area contributed by atoms with Crippen molar-refractivity contribution in [2.45, 2.75) is 50.7 Å². The fourth-order valence-corrected chi connectivity index (χ4v) is 2.27. The number of hydrogen-bond donors (Lipinski definition) is 1. The molecule has 2 N–H and O–H groups in total. The van der Waals surface area contributed by atoms with Crippen molar-refractivity contribution in [1.82, 2.24) is 0 Å². The van der Waals surface area contributed by atoms with Gasteiger partial charge in [-0.1, -0.05) is 24.3 Å². The van der Waals surface area contributed by atoms with Gasteiger partial charge in [0.15, 0.2) is 0 Å². The highest BCUT2D eigenvalue weighted by molar-refractivity contribution is 5.25. The molecule has 0 amide bonds. The van der Waals surface area contributed by atoms with Crippen molar-refractivity contribution >= 4 is 0 Å². The molecule has 1 aliphatic carbocycles. The topological polar surface area (TPSA) is 26.0 Å². The van der Waals surface area contributed by atoms with Crippen molar-refractivity contribution in [2.24, 2.45) is 5.73 Å². The van der Waals surface area contributed by atoms with Gasteiger partial charge in [0.2, 0.25) is 0 Å². The maximum absolute atomic E-state index is 13.9. The lowest BCUT2D eigenvalue weighted by atomic mass is 9.78. The minimum Gasteiger partial charge on any atom is -0.328 e. The maximum atomic E-state index is 13.9. The van der Waals surface area contributed by atoms with Crippen LogP contribution in [0.2, 0.25) is 0 Å². The smallest absolute Gasteiger partial charge is 0.115 e. The fraction of sp³-hybridized carbons (Fsp3) is 0.571. The normalized spacial score (nSPS) is 20.2. The van der Waals surface area contributed by atoms with Crippen LogP contribution in [0.15, 0.2) is 24.3 Å². The summed E-state index contributed by atoms with van der Waals surface area (Å²) in [4.78, 5) is 0. The molecule has 0 radical (unpaired) electrons. The average molecular weight is 221 g/mol. The molecule has 1 aromatic carbocycles. The summed E-state index contributed by atoms with van der Waals surface area (Å²) in [5.41, 5.74) is 7.16. The lowest BCUT2D eigenvalue weighted by molar-refractivity contribution is 0.0641. The van der Waals surface area contributed by atoms with Gasteiger partial charge in [0.1, 0.15) is 5.67 Å². The molecule has 0 heterocycles. The molecule has 0 bridgehead atoms. The third-order valence-corrected chi connectivity index (χ3v) is 3.35. The predicted molar refractivity (Wildman–Crippen MR) is 65.2 cm³/mol. The van der Waals surface area contributed by atoms with Crippen LogP contribution < -0.4 is 5.73 Å². The predicted octanol–water partition coefficient (Wildman–Crippen LogP) is 3.01. The van der Waals surface area contributed by atoms with Gasteiger partial charge in [0, 0.05) is 12.5 Å². The van der Waals surface area contributed by atoms with E-state index in [1.807, 2.05) is 19.1 Å². The van der Waals surface area contributed by atoms with E-state index in [-0.39, 0.29) is 6.04 Å². The molecule has 1 unspecified atom stereocenters. The van der Waals surface area contributed by atoms with E-state index in [0.29, 0.717) is 6.42 Å². The molecule has 88 valence electrons. The zero-order valence-electron chi connectivity index (χ0n) is 9.88. The molecule has 1 fully saturated rings. The van der Waals surface area contributed by atoms with Gasteiger partial charge in [-0.2, -0.15) is 0 Å². The van der Waals surface area contributed by atoms with Gasteiger partial charge in [0.25, 0.3) is 0 Å². The SMILES string of the molecule is CC(N)Cc1ccc(CC2(F)CCC2)cc1. The van der Waals surface area contributed by atoms with Crippen LogP contribution in [0.1, 0.15) is 37.3 Å². The molecular weight excluding hydrogens is 201 g/mol. The molecule has 1 nitrogen and oxygen atoms in total. The standard InChI is InChI=1S/C14H20FN/c1-11(16)9-12-3-5-13(6-4-12)10-14(15)7-2-8-14/h3-6,11H,2,7-10,16H2,1H3. The summed E-state index contributed by atoms with van der Waals surface area (Å²) in [6.45, 7) is 2.00. The highest BCUT2D eigenvalue weighted by atomic mass is 19.1. The summed E-state index contributed by atoms with van der Waals surface area (Å²) >= 11 is 0. The van der Waals surface area contributed by atoms with Crippen LogP contribution in [0.5, 0.6) is 0 Å². The third-order valence-electron chi connectivity index (χ3n) is 3.35. The first kappa shape index (κ1) is 11.6. The van der Waals surface area contributed by atoms with Crippen molar-refractivity contribution in [3.63, 3.8) is 0 Å². The van der Waals surface area contributed by atoms with E-state index in [1.165, 1.54) is 5.56 Å². The van der Waals surface area contributed by atoms with Gasteiger partial charge in [-0.3, -0.25) is 0 Å². The van der Waals surface area contributed by atoms with Gasteiger partial charge >= 0.3 is 0 Å². The third kappa shape index (κ3) is 2.82. The molecule has 1 aromatic rings. The average Bonchev–Trinajstić information content (AvgIpc) is 2.18. The van der Waals surface area contributed by atoms with Crippen LogP contribution in [0.3, 0.4) is 0 Å². The van der Waals surface area contributed by atoms with Gasteiger partial charge in [-0.15, -0.1) is 0 Å². The van der Waals surface area contributed by atoms with Crippen molar-refractivity contribution in [1.29, 1.82) is 0 Å². The van der Waals surface area contributed by atoms with E-state index in [9.17, 15) is 4.39 Å². The Kier molecular flexibility index (Phi) is 3.29. The Labute approximate surface area is 96.9 Å². The highest BCUT2D eigenvalue weighted by Gasteiger charge is 2.36. The summed E-state index contributed by atoms with van der Waals surface area (Å²) in [7, 11) is 0. The van der Waals surface area contributed by atoms with Crippen LogP contribution in [0.25, 0.3) is 0 Å². The quantitative estimate of drug-likeness (QED) is 0.831. The molecule has 0 spiro atoms. The summed E-state index contributed by atoms with van der Waals surface area (Å²) in [6.07, 6.45) is 3.97. The van der Waals surface area contributed by atoms with E-state index in [1.54, 1.807) is 0 Å². The van der Waals surface area contributed by atoms with Gasteiger partial charge < -0.3 is 5.73 Å². The van der Waals surface area contributed by atoms with Crippen LogP contribution in [-0.4, -0.2) is 11.7 Å². The van der Waals surface area contributed by atoms with Crippen LogP contribution in [0, 0.1) is 0 Å². The minimum atomic E-state index is -0.914. The monoisotopic (exact) mass is 221 g/mol.